The molecule has 3 aromatic rings. The number of guanidine groups is 1. The topological polar surface area (TPSA) is 104 Å². The molecule has 4 atom stereocenters. The van der Waals surface area contributed by atoms with E-state index >= 15 is 0 Å². The number of ether oxygens (including phenoxy) is 1. The van der Waals surface area contributed by atoms with Gasteiger partial charge in [0.05, 0.1) is 23.1 Å². The summed E-state index contributed by atoms with van der Waals surface area (Å²) in [5.41, 5.74) is 4.21. The standard InChI is InChI=1S/C31H33F3N6O3S/c1-38-18-6-17-36-30(38)39-19-25(37-44(35,42)24-15-13-23(14-16-24)43-31(32,33)34)29(41)28(20-39)40-26-9-4-2-7-21(26)11-12-22-8-3-5-10-27(22)40/h2-10,13-17,25,28-29,41H,11-12,18-20H2,1H3,(H2,35,37,42). The van der Waals surface area contributed by atoms with Crippen LogP contribution in [0.1, 0.15) is 11.1 Å². The first-order valence-corrected chi connectivity index (χ1v) is 15.8. The monoisotopic (exact) mass is 626 g/mol. The molecule has 0 spiro atoms. The Kier molecular flexibility index (Phi) is 8.03. The molecule has 232 valence electrons. The first-order valence-electron chi connectivity index (χ1n) is 14.2. The number of alkyl halides is 3. The van der Waals surface area contributed by atoms with Crippen molar-refractivity contribution in [2.45, 2.75) is 42.3 Å². The predicted molar refractivity (Wildman–Crippen MR) is 162 cm³/mol. The van der Waals surface area contributed by atoms with E-state index in [0.29, 0.717) is 19.0 Å². The van der Waals surface area contributed by atoms with Gasteiger partial charge in [0, 0.05) is 44.3 Å². The number of rotatable bonds is 5. The molecule has 4 unspecified atom stereocenters. The molecule has 1 fully saturated rings. The SMILES string of the molecule is CN1CC=CN=C1N1CC(NS(=N)(=O)c2ccc(OC(F)(F)F)cc2)C(O)C(N2c3ccccc3CCc3ccccc32)C1. The molecule has 1 saturated heterocycles. The number of aliphatic imine (C=N–C) groups is 1. The number of likely N-dealkylation sites (N-methyl/N-ethyl adjacent to an activating group) is 1. The first-order chi connectivity index (χ1) is 21.0. The quantitative estimate of drug-likeness (QED) is 0.381. The molecule has 0 saturated carbocycles. The van der Waals surface area contributed by atoms with Crippen LogP contribution in [0.2, 0.25) is 0 Å². The number of fused-ring (bicyclic) bond motifs is 2. The lowest BCUT2D eigenvalue weighted by molar-refractivity contribution is -0.274. The number of nitrogens with zero attached hydrogens (tertiary/aromatic N) is 4. The fourth-order valence-corrected chi connectivity index (χ4v) is 7.44. The summed E-state index contributed by atoms with van der Waals surface area (Å²) in [4.78, 5) is 10.7. The average molecular weight is 627 g/mol. The number of para-hydroxylation sites is 2. The third-order valence-corrected chi connectivity index (χ3v) is 9.70. The molecular formula is C31H33F3N6O3S. The van der Waals surface area contributed by atoms with Gasteiger partial charge in [-0.05, 0) is 66.4 Å². The van der Waals surface area contributed by atoms with E-state index in [1.54, 1.807) is 6.20 Å². The van der Waals surface area contributed by atoms with Crippen LogP contribution in [0.25, 0.3) is 0 Å². The van der Waals surface area contributed by atoms with E-state index in [1.165, 1.54) is 12.1 Å². The van der Waals surface area contributed by atoms with Crippen LogP contribution in [0.15, 0.2) is 95.0 Å². The summed E-state index contributed by atoms with van der Waals surface area (Å²) in [6.07, 6.45) is -0.651. The van der Waals surface area contributed by atoms with Gasteiger partial charge in [0.1, 0.15) is 15.7 Å². The second-order valence-electron chi connectivity index (χ2n) is 11.1. The number of aryl methyl sites for hydroxylation is 2. The van der Waals surface area contributed by atoms with Gasteiger partial charge in [-0.15, -0.1) is 13.2 Å². The van der Waals surface area contributed by atoms with E-state index in [1.807, 2.05) is 59.3 Å². The molecule has 44 heavy (non-hydrogen) atoms. The lowest BCUT2D eigenvalue weighted by Gasteiger charge is -2.49. The highest BCUT2D eigenvalue weighted by molar-refractivity contribution is 7.90. The van der Waals surface area contributed by atoms with Crippen LogP contribution in [0, 0.1) is 4.78 Å². The van der Waals surface area contributed by atoms with Crippen molar-refractivity contribution in [1.82, 2.24) is 14.5 Å². The number of halogens is 3. The fourth-order valence-electron chi connectivity index (χ4n) is 6.14. The number of aliphatic hydroxyl groups excluding tert-OH is 1. The lowest BCUT2D eigenvalue weighted by Crippen LogP contribution is -2.67. The first kappa shape index (κ1) is 30.0. The van der Waals surface area contributed by atoms with E-state index in [4.69, 9.17) is 4.78 Å². The molecule has 3 aliphatic rings. The van der Waals surface area contributed by atoms with Crippen LogP contribution in [0.4, 0.5) is 24.5 Å². The van der Waals surface area contributed by atoms with Gasteiger partial charge in [-0.2, -0.15) is 0 Å². The summed E-state index contributed by atoms with van der Waals surface area (Å²) in [6.45, 7) is 1.22. The zero-order chi connectivity index (χ0) is 31.1. The van der Waals surface area contributed by atoms with Crippen LogP contribution in [-0.4, -0.2) is 76.3 Å². The summed E-state index contributed by atoms with van der Waals surface area (Å²) in [5.74, 6) is 0.197. The number of piperidine rings is 1. The Morgan fingerprint density at radius 1 is 0.977 bits per heavy atom. The van der Waals surface area contributed by atoms with Gasteiger partial charge in [-0.3, -0.25) is 0 Å². The maximum Gasteiger partial charge on any atom is 0.573 e. The fraction of sp³-hybridized carbons (Fsp3) is 0.323. The maximum atomic E-state index is 13.8. The molecule has 3 heterocycles. The number of aliphatic hydroxyl groups is 1. The van der Waals surface area contributed by atoms with Crippen molar-refractivity contribution >= 4 is 27.2 Å². The van der Waals surface area contributed by atoms with Crippen LogP contribution in [0.3, 0.4) is 0 Å². The van der Waals surface area contributed by atoms with Crippen molar-refractivity contribution in [2.24, 2.45) is 4.99 Å². The number of benzene rings is 3. The number of anilines is 2. The van der Waals surface area contributed by atoms with Crippen molar-refractivity contribution < 1.29 is 27.2 Å². The number of hydrogen-bond donors (Lipinski definition) is 3. The van der Waals surface area contributed by atoms with Gasteiger partial charge in [-0.25, -0.2) is 18.7 Å². The third kappa shape index (κ3) is 6.12. The number of nitrogens with one attached hydrogen (secondary N) is 2. The lowest BCUT2D eigenvalue weighted by atomic mass is 9.94. The Labute approximate surface area is 254 Å². The summed E-state index contributed by atoms with van der Waals surface area (Å²) in [6, 6.07) is 19.2. The molecule has 3 N–H and O–H groups in total. The van der Waals surface area contributed by atoms with E-state index in [2.05, 4.69) is 31.5 Å². The Morgan fingerprint density at radius 3 is 2.18 bits per heavy atom. The third-order valence-electron chi connectivity index (χ3n) is 8.13. The summed E-state index contributed by atoms with van der Waals surface area (Å²) in [5, 5.41) is 12.0. The molecule has 0 aromatic heterocycles. The largest absolute Gasteiger partial charge is 0.573 e. The normalized spacial score (nSPS) is 23.2. The maximum absolute atomic E-state index is 13.8. The van der Waals surface area contributed by atoms with E-state index in [0.717, 1.165) is 47.5 Å². The molecule has 13 heteroatoms. The minimum absolute atomic E-state index is 0.0339. The number of hydrogen-bond acceptors (Lipinski definition) is 8. The Morgan fingerprint density at radius 2 is 1.59 bits per heavy atom. The Balaban J connectivity index is 1.38. The summed E-state index contributed by atoms with van der Waals surface area (Å²) >= 11 is 0. The molecule has 3 aromatic carbocycles. The zero-order valence-corrected chi connectivity index (χ0v) is 24.8. The van der Waals surface area contributed by atoms with Crippen molar-refractivity contribution in [3.8, 4) is 5.75 Å². The molecule has 0 aliphatic carbocycles. The molecular weight excluding hydrogens is 593 g/mol. The van der Waals surface area contributed by atoms with Crippen LogP contribution in [-0.2, 0) is 22.8 Å². The van der Waals surface area contributed by atoms with Gasteiger partial charge < -0.3 is 24.5 Å². The second kappa shape index (κ2) is 11.8. The predicted octanol–water partition coefficient (Wildman–Crippen LogP) is 4.66. The zero-order valence-electron chi connectivity index (χ0n) is 23.9. The Hall–Kier alpha value is -4.07. The number of likely N-dealkylation sites (tertiary alicyclic amines) is 1. The van der Waals surface area contributed by atoms with Crippen molar-refractivity contribution in [1.29, 1.82) is 4.78 Å². The smallest absolute Gasteiger partial charge is 0.406 e. The average Bonchev–Trinajstić information content (AvgIpc) is 3.15. The highest BCUT2D eigenvalue weighted by Crippen LogP contribution is 2.40. The molecule has 9 nitrogen and oxygen atoms in total. The molecule has 0 radical (unpaired) electrons. The van der Waals surface area contributed by atoms with Gasteiger partial charge in [0.2, 0.25) is 5.96 Å². The summed E-state index contributed by atoms with van der Waals surface area (Å²) < 4.78 is 67.3. The van der Waals surface area contributed by atoms with Gasteiger partial charge >= 0.3 is 6.36 Å². The molecule has 3 aliphatic heterocycles. The molecule has 0 bridgehead atoms. The van der Waals surface area contributed by atoms with Crippen LogP contribution >= 0.6 is 0 Å². The summed E-state index contributed by atoms with van der Waals surface area (Å²) in [7, 11) is -1.85. The second-order valence-corrected chi connectivity index (χ2v) is 12.9. The highest BCUT2D eigenvalue weighted by atomic mass is 32.2. The van der Waals surface area contributed by atoms with Crippen molar-refractivity contribution in [3.05, 3.63) is 96.2 Å². The molecule has 6 rings (SSSR count). The highest BCUT2D eigenvalue weighted by Gasteiger charge is 2.43. The van der Waals surface area contributed by atoms with Crippen molar-refractivity contribution in [2.75, 3.05) is 31.6 Å². The van der Waals surface area contributed by atoms with Crippen LogP contribution in [0.5, 0.6) is 5.75 Å². The van der Waals surface area contributed by atoms with Crippen LogP contribution < -0.4 is 14.4 Å². The van der Waals surface area contributed by atoms with Gasteiger partial charge in [0.15, 0.2) is 0 Å². The van der Waals surface area contributed by atoms with E-state index in [-0.39, 0.29) is 11.4 Å². The minimum Gasteiger partial charge on any atom is -0.406 e. The minimum atomic E-state index is -4.87. The Bertz CT molecular complexity index is 1630. The van der Waals surface area contributed by atoms with Gasteiger partial charge in [0.25, 0.3) is 0 Å². The van der Waals surface area contributed by atoms with Gasteiger partial charge in [-0.1, -0.05) is 36.4 Å². The molecule has 0 amide bonds. The van der Waals surface area contributed by atoms with E-state index in [9.17, 15) is 22.5 Å². The van der Waals surface area contributed by atoms with Crippen molar-refractivity contribution in [3.63, 3.8) is 0 Å². The van der Waals surface area contributed by atoms with E-state index < -0.39 is 40.2 Å².